The van der Waals surface area contributed by atoms with E-state index in [1.165, 1.54) is 0 Å². The molecule has 0 saturated carbocycles. The van der Waals surface area contributed by atoms with E-state index < -0.39 is 9.84 Å². The minimum absolute atomic E-state index is 0.142. The Morgan fingerprint density at radius 2 is 1.68 bits per heavy atom. The second kappa shape index (κ2) is 8.27. The maximum Gasteiger partial charge on any atom is 0.293 e. The first-order valence-electron chi connectivity index (χ1n) is 9.34. The molecule has 0 aliphatic rings. The van der Waals surface area contributed by atoms with E-state index in [1.807, 2.05) is 6.92 Å². The number of aryl methyl sites for hydroxylation is 1. The molecule has 160 valence electrons. The van der Waals surface area contributed by atoms with Gasteiger partial charge >= 0.3 is 0 Å². The predicted molar refractivity (Wildman–Crippen MR) is 113 cm³/mol. The SMILES string of the molecule is COc1ccc(-c2noc(-c3ccc(CS(=O)(=O)c4ccc(C)cc4)o3)n2)cc1OC. The molecular formula is C22H20N2O6S. The quantitative estimate of drug-likeness (QED) is 0.419. The first kappa shape index (κ1) is 20.7. The Labute approximate surface area is 179 Å². The van der Waals surface area contributed by atoms with Crippen LogP contribution in [0.3, 0.4) is 0 Å². The summed E-state index contributed by atoms with van der Waals surface area (Å²) >= 11 is 0. The normalized spacial score (nSPS) is 11.5. The van der Waals surface area contributed by atoms with Crippen molar-refractivity contribution in [2.45, 2.75) is 17.6 Å². The van der Waals surface area contributed by atoms with Gasteiger partial charge in [0.05, 0.1) is 19.1 Å². The molecular weight excluding hydrogens is 420 g/mol. The van der Waals surface area contributed by atoms with Gasteiger partial charge in [-0.05, 0) is 49.4 Å². The van der Waals surface area contributed by atoms with Crippen molar-refractivity contribution in [2.75, 3.05) is 14.2 Å². The highest BCUT2D eigenvalue weighted by Gasteiger charge is 2.20. The van der Waals surface area contributed by atoms with E-state index in [0.29, 0.717) is 22.9 Å². The molecule has 0 fully saturated rings. The molecule has 2 heterocycles. The predicted octanol–water partition coefficient (Wildman–Crippen LogP) is 4.30. The van der Waals surface area contributed by atoms with Gasteiger partial charge < -0.3 is 18.4 Å². The third-order valence-corrected chi connectivity index (χ3v) is 6.31. The van der Waals surface area contributed by atoms with Crippen LogP contribution in [-0.2, 0) is 15.6 Å². The smallest absolute Gasteiger partial charge is 0.293 e. The second-order valence-corrected chi connectivity index (χ2v) is 8.82. The van der Waals surface area contributed by atoms with Crippen molar-refractivity contribution >= 4 is 9.84 Å². The number of rotatable bonds is 7. The zero-order valence-electron chi connectivity index (χ0n) is 17.2. The lowest BCUT2D eigenvalue weighted by atomic mass is 10.2. The Hall–Kier alpha value is -3.59. The molecule has 0 bridgehead atoms. The number of benzene rings is 2. The fourth-order valence-corrected chi connectivity index (χ4v) is 4.25. The van der Waals surface area contributed by atoms with E-state index in [0.717, 1.165) is 5.56 Å². The van der Waals surface area contributed by atoms with E-state index in [9.17, 15) is 8.42 Å². The molecule has 0 aliphatic carbocycles. The molecule has 31 heavy (non-hydrogen) atoms. The molecule has 0 unspecified atom stereocenters. The molecule has 8 nitrogen and oxygen atoms in total. The van der Waals surface area contributed by atoms with Crippen molar-refractivity contribution in [3.05, 3.63) is 65.9 Å². The van der Waals surface area contributed by atoms with Crippen LogP contribution in [0.5, 0.6) is 11.5 Å². The molecule has 0 radical (unpaired) electrons. The average Bonchev–Trinajstić information content (AvgIpc) is 3.43. The molecule has 0 aliphatic heterocycles. The lowest BCUT2D eigenvalue weighted by Crippen LogP contribution is -2.04. The van der Waals surface area contributed by atoms with E-state index in [1.54, 1.807) is 68.8 Å². The number of sulfone groups is 1. The molecule has 0 saturated heterocycles. The maximum atomic E-state index is 12.6. The molecule has 2 aromatic heterocycles. The molecule has 0 spiro atoms. The highest BCUT2D eigenvalue weighted by atomic mass is 32.2. The fraction of sp³-hybridized carbons (Fsp3) is 0.182. The lowest BCUT2D eigenvalue weighted by Gasteiger charge is -2.07. The van der Waals surface area contributed by atoms with Crippen molar-refractivity contribution < 1.29 is 26.8 Å². The summed E-state index contributed by atoms with van der Waals surface area (Å²) in [5.41, 5.74) is 1.65. The Balaban J connectivity index is 1.55. The van der Waals surface area contributed by atoms with Crippen molar-refractivity contribution in [1.29, 1.82) is 0 Å². The number of aromatic nitrogens is 2. The van der Waals surface area contributed by atoms with Gasteiger partial charge in [-0.2, -0.15) is 4.98 Å². The van der Waals surface area contributed by atoms with Gasteiger partial charge in [-0.1, -0.05) is 22.9 Å². The third kappa shape index (κ3) is 4.31. The number of ether oxygens (including phenoxy) is 2. The van der Waals surface area contributed by atoms with Crippen LogP contribution in [0.4, 0.5) is 0 Å². The zero-order valence-corrected chi connectivity index (χ0v) is 18.0. The van der Waals surface area contributed by atoms with Crippen molar-refractivity contribution in [2.24, 2.45) is 0 Å². The zero-order chi connectivity index (χ0) is 22.0. The van der Waals surface area contributed by atoms with Gasteiger partial charge in [0.2, 0.25) is 5.82 Å². The molecule has 0 N–H and O–H groups in total. The molecule has 4 rings (SSSR count). The van der Waals surface area contributed by atoms with Gasteiger partial charge in [-0.3, -0.25) is 0 Å². The topological polar surface area (TPSA) is 105 Å². The van der Waals surface area contributed by atoms with Crippen molar-refractivity contribution in [3.8, 4) is 34.5 Å². The summed E-state index contributed by atoms with van der Waals surface area (Å²) in [6.45, 7) is 1.90. The number of methoxy groups -OCH3 is 2. The third-order valence-electron chi connectivity index (χ3n) is 4.65. The number of nitrogens with zero attached hydrogens (tertiary/aromatic N) is 2. The van der Waals surface area contributed by atoms with Crippen LogP contribution >= 0.6 is 0 Å². The summed E-state index contributed by atoms with van der Waals surface area (Å²) in [5.74, 6) is 1.89. The van der Waals surface area contributed by atoms with Gasteiger partial charge in [0.15, 0.2) is 27.1 Å². The highest BCUT2D eigenvalue weighted by Crippen LogP contribution is 2.32. The van der Waals surface area contributed by atoms with Crippen LogP contribution < -0.4 is 9.47 Å². The summed E-state index contributed by atoms with van der Waals surface area (Å²) < 4.78 is 46.7. The number of hydrogen-bond acceptors (Lipinski definition) is 8. The Kier molecular flexibility index (Phi) is 5.51. The van der Waals surface area contributed by atoms with Crippen LogP contribution in [-0.4, -0.2) is 32.8 Å². The molecule has 9 heteroatoms. The van der Waals surface area contributed by atoms with E-state index >= 15 is 0 Å². The molecule has 2 aromatic carbocycles. The lowest BCUT2D eigenvalue weighted by molar-refractivity contribution is 0.355. The highest BCUT2D eigenvalue weighted by molar-refractivity contribution is 7.90. The van der Waals surface area contributed by atoms with Gasteiger partial charge in [0.25, 0.3) is 5.89 Å². The standard InChI is InChI=1S/C22H20N2O6S/c1-14-4-8-17(9-5-14)31(25,26)13-16-7-11-19(29-16)22-23-21(24-30-22)15-6-10-18(27-2)20(12-15)28-3/h4-12H,13H2,1-3H3. The van der Waals surface area contributed by atoms with Gasteiger partial charge in [0, 0.05) is 5.56 Å². The van der Waals surface area contributed by atoms with Gasteiger partial charge in [-0.25, -0.2) is 8.42 Å². The van der Waals surface area contributed by atoms with Gasteiger partial charge in [0.1, 0.15) is 11.5 Å². The van der Waals surface area contributed by atoms with E-state index in [2.05, 4.69) is 10.1 Å². The van der Waals surface area contributed by atoms with Crippen LogP contribution in [0, 0.1) is 6.92 Å². The minimum atomic E-state index is -3.54. The molecule has 0 atom stereocenters. The Bertz CT molecular complexity index is 1310. The van der Waals surface area contributed by atoms with Gasteiger partial charge in [-0.15, -0.1) is 0 Å². The molecule has 0 amide bonds. The summed E-state index contributed by atoms with van der Waals surface area (Å²) in [6.07, 6.45) is 0. The average molecular weight is 440 g/mol. The number of furan rings is 1. The number of hydrogen-bond donors (Lipinski definition) is 0. The monoisotopic (exact) mass is 440 g/mol. The maximum absolute atomic E-state index is 12.6. The summed E-state index contributed by atoms with van der Waals surface area (Å²) in [5, 5.41) is 3.97. The van der Waals surface area contributed by atoms with E-state index in [4.69, 9.17) is 18.4 Å². The Morgan fingerprint density at radius 3 is 2.39 bits per heavy atom. The first-order chi connectivity index (χ1) is 14.9. The van der Waals surface area contributed by atoms with Crippen molar-refractivity contribution in [3.63, 3.8) is 0 Å². The van der Waals surface area contributed by atoms with Crippen LogP contribution in [0.2, 0.25) is 0 Å². The molecule has 4 aromatic rings. The fourth-order valence-electron chi connectivity index (χ4n) is 3.00. The second-order valence-electron chi connectivity index (χ2n) is 6.83. The summed E-state index contributed by atoms with van der Waals surface area (Å²) in [4.78, 5) is 4.58. The van der Waals surface area contributed by atoms with E-state index in [-0.39, 0.29) is 28.1 Å². The summed E-state index contributed by atoms with van der Waals surface area (Å²) in [6, 6.07) is 15.1. The van der Waals surface area contributed by atoms with Crippen LogP contribution in [0.25, 0.3) is 23.0 Å². The summed E-state index contributed by atoms with van der Waals surface area (Å²) in [7, 11) is -0.444. The van der Waals surface area contributed by atoms with Crippen LogP contribution in [0.15, 0.2) is 68.4 Å². The Morgan fingerprint density at radius 1 is 0.935 bits per heavy atom. The first-order valence-corrected chi connectivity index (χ1v) is 11.0. The van der Waals surface area contributed by atoms with Crippen LogP contribution in [0.1, 0.15) is 11.3 Å². The largest absolute Gasteiger partial charge is 0.493 e. The minimum Gasteiger partial charge on any atom is -0.493 e. The van der Waals surface area contributed by atoms with Crippen molar-refractivity contribution in [1.82, 2.24) is 10.1 Å².